The van der Waals surface area contributed by atoms with Crippen LogP contribution in [-0.2, 0) is 14.3 Å². The number of nitrogens with one attached hydrogen (secondary N) is 1. The second-order valence-corrected chi connectivity index (χ2v) is 6.97. The summed E-state index contributed by atoms with van der Waals surface area (Å²) in [5.41, 5.74) is 0. The van der Waals surface area contributed by atoms with Gasteiger partial charge < -0.3 is 15.2 Å². The zero-order valence-electron chi connectivity index (χ0n) is 11.9. The standard InChI is InChI=1S/C14H23NO4S/c1-20-14(7-3-2-4-8-14)9-15-12(16)10-5-6-11(19-10)13(17)18/h10-11H,2-9H2,1H3,(H,15,16)(H,17,18). The van der Waals surface area contributed by atoms with E-state index in [9.17, 15) is 9.59 Å². The molecule has 6 heteroatoms. The number of hydrogen-bond donors (Lipinski definition) is 2. The third kappa shape index (κ3) is 3.67. The van der Waals surface area contributed by atoms with Gasteiger partial charge in [0, 0.05) is 11.3 Å². The van der Waals surface area contributed by atoms with Crippen LogP contribution in [0, 0.1) is 0 Å². The fourth-order valence-corrected chi connectivity index (χ4v) is 3.94. The van der Waals surface area contributed by atoms with Crippen LogP contribution in [0.25, 0.3) is 0 Å². The molecule has 1 aliphatic carbocycles. The molecule has 2 rings (SSSR count). The summed E-state index contributed by atoms with van der Waals surface area (Å²) in [4.78, 5) is 22.9. The van der Waals surface area contributed by atoms with E-state index in [1.54, 1.807) is 0 Å². The Balaban J connectivity index is 1.81. The molecule has 5 nitrogen and oxygen atoms in total. The zero-order chi connectivity index (χ0) is 14.6. The molecule has 1 saturated heterocycles. The van der Waals surface area contributed by atoms with Crippen molar-refractivity contribution in [3.8, 4) is 0 Å². The van der Waals surface area contributed by atoms with Gasteiger partial charge in [-0.3, -0.25) is 4.79 Å². The van der Waals surface area contributed by atoms with E-state index in [2.05, 4.69) is 11.6 Å². The van der Waals surface area contributed by atoms with Gasteiger partial charge in [0.15, 0.2) is 6.10 Å². The number of ether oxygens (including phenoxy) is 1. The van der Waals surface area contributed by atoms with E-state index >= 15 is 0 Å². The fourth-order valence-electron chi connectivity index (χ4n) is 3.02. The summed E-state index contributed by atoms with van der Waals surface area (Å²) in [6.45, 7) is 0.657. The van der Waals surface area contributed by atoms with Crippen LogP contribution in [0.2, 0.25) is 0 Å². The van der Waals surface area contributed by atoms with Crippen molar-refractivity contribution in [3.63, 3.8) is 0 Å². The Morgan fingerprint density at radius 1 is 1.25 bits per heavy atom. The van der Waals surface area contributed by atoms with E-state index in [4.69, 9.17) is 9.84 Å². The molecular formula is C14H23NO4S. The highest BCUT2D eigenvalue weighted by atomic mass is 32.2. The number of carbonyl (C=O) groups is 2. The Bertz CT molecular complexity index is 368. The van der Waals surface area contributed by atoms with Gasteiger partial charge in [-0.25, -0.2) is 4.79 Å². The molecule has 20 heavy (non-hydrogen) atoms. The molecule has 0 radical (unpaired) electrons. The highest BCUT2D eigenvalue weighted by Crippen LogP contribution is 2.38. The van der Waals surface area contributed by atoms with Gasteiger partial charge >= 0.3 is 5.97 Å². The van der Waals surface area contributed by atoms with Crippen LogP contribution in [0.15, 0.2) is 0 Å². The minimum Gasteiger partial charge on any atom is -0.479 e. The summed E-state index contributed by atoms with van der Waals surface area (Å²) in [5, 5.41) is 11.8. The van der Waals surface area contributed by atoms with E-state index in [1.807, 2.05) is 11.8 Å². The van der Waals surface area contributed by atoms with Crippen LogP contribution in [0.4, 0.5) is 0 Å². The second kappa shape index (κ2) is 6.80. The van der Waals surface area contributed by atoms with Gasteiger partial charge in [-0.1, -0.05) is 19.3 Å². The van der Waals surface area contributed by atoms with E-state index in [-0.39, 0.29) is 10.7 Å². The van der Waals surface area contributed by atoms with Gasteiger partial charge in [0.2, 0.25) is 5.91 Å². The average molecular weight is 301 g/mol. The molecule has 0 aromatic carbocycles. The lowest BCUT2D eigenvalue weighted by atomic mass is 9.88. The monoisotopic (exact) mass is 301 g/mol. The van der Waals surface area contributed by atoms with Gasteiger partial charge in [0.25, 0.3) is 0 Å². The summed E-state index contributed by atoms with van der Waals surface area (Å²) in [5.74, 6) is -1.14. The summed E-state index contributed by atoms with van der Waals surface area (Å²) in [6, 6.07) is 0. The van der Waals surface area contributed by atoms with Crippen LogP contribution >= 0.6 is 11.8 Å². The molecule has 2 unspecified atom stereocenters. The van der Waals surface area contributed by atoms with Crippen molar-refractivity contribution in [1.82, 2.24) is 5.32 Å². The largest absolute Gasteiger partial charge is 0.479 e. The molecule has 0 bridgehead atoms. The molecule has 0 aromatic heterocycles. The van der Waals surface area contributed by atoms with Crippen LogP contribution in [0.3, 0.4) is 0 Å². The first kappa shape index (κ1) is 15.6. The maximum atomic E-state index is 12.1. The number of hydrogen-bond acceptors (Lipinski definition) is 4. The third-order valence-electron chi connectivity index (χ3n) is 4.37. The highest BCUT2D eigenvalue weighted by molar-refractivity contribution is 8.00. The summed E-state index contributed by atoms with van der Waals surface area (Å²) in [7, 11) is 0. The Morgan fingerprint density at radius 3 is 2.45 bits per heavy atom. The van der Waals surface area contributed by atoms with E-state index < -0.39 is 18.2 Å². The molecule has 1 saturated carbocycles. The first-order valence-electron chi connectivity index (χ1n) is 7.27. The van der Waals surface area contributed by atoms with Gasteiger partial charge in [0.1, 0.15) is 6.10 Å². The van der Waals surface area contributed by atoms with E-state index in [0.29, 0.717) is 19.4 Å². The molecule has 2 N–H and O–H groups in total. The number of carboxylic acid groups (broad SMARTS) is 1. The van der Waals surface area contributed by atoms with Crippen LogP contribution < -0.4 is 5.32 Å². The molecule has 1 aliphatic heterocycles. The number of aliphatic carboxylic acids is 1. The number of thioether (sulfide) groups is 1. The predicted octanol–water partition coefficient (Wildman–Crippen LogP) is 1.80. The number of rotatable bonds is 5. The molecule has 0 spiro atoms. The minimum absolute atomic E-state index is 0.152. The molecule has 0 aromatic rings. The summed E-state index contributed by atoms with van der Waals surface area (Å²) >= 11 is 1.83. The Hall–Kier alpha value is -0.750. The summed E-state index contributed by atoms with van der Waals surface area (Å²) < 4.78 is 5.42. The third-order valence-corrected chi connectivity index (χ3v) is 5.79. The van der Waals surface area contributed by atoms with Gasteiger partial charge in [-0.05, 0) is 31.9 Å². The topological polar surface area (TPSA) is 75.6 Å². The molecule has 1 heterocycles. The van der Waals surface area contributed by atoms with Crippen LogP contribution in [0.5, 0.6) is 0 Å². The SMILES string of the molecule is CSC1(CNC(=O)C2CCC(C(=O)O)O2)CCCCC1. The molecule has 114 valence electrons. The lowest BCUT2D eigenvalue weighted by molar-refractivity contribution is -0.151. The highest BCUT2D eigenvalue weighted by Gasteiger charge is 2.36. The minimum atomic E-state index is -0.979. The van der Waals surface area contributed by atoms with Gasteiger partial charge in [-0.2, -0.15) is 11.8 Å². The van der Waals surface area contributed by atoms with Crippen molar-refractivity contribution in [2.24, 2.45) is 0 Å². The van der Waals surface area contributed by atoms with E-state index in [1.165, 1.54) is 19.3 Å². The van der Waals surface area contributed by atoms with Crippen molar-refractivity contribution in [2.75, 3.05) is 12.8 Å². The summed E-state index contributed by atoms with van der Waals surface area (Å²) in [6.07, 6.45) is 7.58. The van der Waals surface area contributed by atoms with Crippen molar-refractivity contribution in [1.29, 1.82) is 0 Å². The maximum absolute atomic E-state index is 12.1. The Kier molecular flexibility index (Phi) is 5.32. The molecule has 2 fully saturated rings. The van der Waals surface area contributed by atoms with Crippen LogP contribution in [0.1, 0.15) is 44.9 Å². The van der Waals surface area contributed by atoms with Crippen molar-refractivity contribution < 1.29 is 19.4 Å². The average Bonchev–Trinajstić information content (AvgIpc) is 2.96. The number of carboxylic acids is 1. The maximum Gasteiger partial charge on any atom is 0.332 e. The van der Waals surface area contributed by atoms with Crippen molar-refractivity contribution in [2.45, 2.75) is 61.9 Å². The van der Waals surface area contributed by atoms with Gasteiger partial charge in [-0.15, -0.1) is 0 Å². The number of carbonyl (C=O) groups excluding carboxylic acids is 1. The van der Waals surface area contributed by atoms with E-state index in [0.717, 1.165) is 12.8 Å². The quantitative estimate of drug-likeness (QED) is 0.810. The first-order valence-corrected chi connectivity index (χ1v) is 8.50. The fraction of sp³-hybridized carbons (Fsp3) is 0.857. The molecule has 2 atom stereocenters. The van der Waals surface area contributed by atoms with Gasteiger partial charge in [0.05, 0.1) is 0 Å². The second-order valence-electron chi connectivity index (χ2n) is 5.69. The molecule has 1 amide bonds. The Labute approximate surface area is 123 Å². The molecule has 2 aliphatic rings. The lowest BCUT2D eigenvalue weighted by Crippen LogP contribution is -2.45. The first-order chi connectivity index (χ1) is 9.56. The van der Waals surface area contributed by atoms with Crippen molar-refractivity contribution >= 4 is 23.6 Å². The van der Waals surface area contributed by atoms with Crippen molar-refractivity contribution in [3.05, 3.63) is 0 Å². The predicted molar refractivity (Wildman–Crippen MR) is 77.9 cm³/mol. The van der Waals surface area contributed by atoms with Crippen LogP contribution in [-0.4, -0.2) is 46.7 Å². The normalized spacial score (nSPS) is 29.1. The zero-order valence-corrected chi connectivity index (χ0v) is 12.7. The Morgan fingerprint density at radius 2 is 1.90 bits per heavy atom. The molecular weight excluding hydrogens is 278 g/mol. The lowest BCUT2D eigenvalue weighted by Gasteiger charge is -2.36. The number of amides is 1. The smallest absolute Gasteiger partial charge is 0.332 e.